The van der Waals surface area contributed by atoms with Crippen LogP contribution in [0.2, 0.25) is 0 Å². The summed E-state index contributed by atoms with van der Waals surface area (Å²) in [6, 6.07) is 3.30. The molecule has 1 aromatic carbocycles. The van der Waals surface area contributed by atoms with E-state index in [9.17, 15) is 14.7 Å². The average molecular weight is 533 g/mol. The van der Waals surface area contributed by atoms with Gasteiger partial charge in [-0.2, -0.15) is 0 Å². The number of piperidine rings is 1. The minimum atomic E-state index is -1.88. The summed E-state index contributed by atoms with van der Waals surface area (Å²) in [6.07, 6.45) is 3.96. The maximum absolute atomic E-state index is 15.1. The number of aryl methyl sites for hydroxylation is 1. The highest BCUT2D eigenvalue weighted by atomic mass is 19.1. The van der Waals surface area contributed by atoms with Gasteiger partial charge in [0.1, 0.15) is 12.4 Å². The van der Waals surface area contributed by atoms with Gasteiger partial charge in [-0.25, -0.2) is 14.2 Å². The Morgan fingerprint density at radius 3 is 2.77 bits per heavy atom. The van der Waals surface area contributed by atoms with Gasteiger partial charge in [0.2, 0.25) is 0 Å². The predicted octanol–water partition coefficient (Wildman–Crippen LogP) is 3.10. The second-order valence-electron chi connectivity index (χ2n) is 11.5. The van der Waals surface area contributed by atoms with Gasteiger partial charge in [0.05, 0.1) is 29.0 Å². The standard InChI is InChI=1S/C30H33FN4O4/c1-3-30(38)20-10-24-27-18(13-35(24)28(36)19(20)14-39-29(30)37)26-22(33-12-16-6-8-32-9-7-16)5-4-17-15(2)21(31)11-23(34-27)25(17)26/h10-11,16,22,32-33,38H,3-9,12-14H2,1-2H3/t22-,30-/m0/s1. The second-order valence-corrected chi connectivity index (χ2v) is 11.5. The largest absolute Gasteiger partial charge is 0.458 e. The molecule has 0 spiro atoms. The lowest BCUT2D eigenvalue weighted by molar-refractivity contribution is -0.172. The molecule has 39 heavy (non-hydrogen) atoms. The van der Waals surface area contributed by atoms with Crippen molar-refractivity contribution in [2.24, 2.45) is 5.92 Å². The van der Waals surface area contributed by atoms with Crippen LogP contribution in [0.3, 0.4) is 0 Å². The molecule has 1 fully saturated rings. The molecule has 3 aromatic rings. The first-order valence-electron chi connectivity index (χ1n) is 14.1. The van der Waals surface area contributed by atoms with Gasteiger partial charge < -0.3 is 25.0 Å². The Labute approximate surface area is 225 Å². The van der Waals surface area contributed by atoms with Gasteiger partial charge in [-0.05, 0) is 87.3 Å². The van der Waals surface area contributed by atoms with Crippen molar-refractivity contribution in [3.05, 3.63) is 61.7 Å². The van der Waals surface area contributed by atoms with Crippen LogP contribution in [-0.4, -0.2) is 40.3 Å². The van der Waals surface area contributed by atoms with Crippen LogP contribution < -0.4 is 16.2 Å². The Balaban J connectivity index is 1.42. The highest BCUT2D eigenvalue weighted by Crippen LogP contribution is 2.46. The summed E-state index contributed by atoms with van der Waals surface area (Å²) >= 11 is 0. The average Bonchev–Trinajstić information content (AvgIpc) is 3.32. The molecule has 8 nitrogen and oxygen atoms in total. The molecule has 2 atom stereocenters. The molecule has 2 aromatic heterocycles. The molecule has 7 rings (SSSR count). The quantitative estimate of drug-likeness (QED) is 0.347. The number of pyridine rings is 2. The minimum absolute atomic E-state index is 0.0635. The Morgan fingerprint density at radius 2 is 2.00 bits per heavy atom. The Kier molecular flexibility index (Phi) is 5.70. The van der Waals surface area contributed by atoms with Crippen molar-refractivity contribution in [2.45, 2.75) is 70.7 Å². The van der Waals surface area contributed by atoms with E-state index in [1.807, 2.05) is 6.92 Å². The summed E-state index contributed by atoms with van der Waals surface area (Å²) in [5.74, 6) is -0.421. The van der Waals surface area contributed by atoms with Crippen molar-refractivity contribution < 1.29 is 19.0 Å². The van der Waals surface area contributed by atoms with Crippen LogP contribution in [0.1, 0.15) is 72.0 Å². The molecule has 1 saturated heterocycles. The van der Waals surface area contributed by atoms with E-state index in [-0.39, 0.29) is 36.0 Å². The molecule has 5 heterocycles. The number of aromatic nitrogens is 2. The third-order valence-electron chi connectivity index (χ3n) is 9.49. The SMILES string of the molecule is CC[C@@]1(O)C(=O)OCc2c1cc1n(c2=O)Cc2c-1nc1cc(F)c(C)c3c1c2[C@@H](NCC1CCNCC1)CC3. The molecular formula is C30H33FN4O4. The number of nitrogens with one attached hydrogen (secondary N) is 2. The number of fused-ring (bicyclic) bond motifs is 5. The number of rotatable bonds is 4. The lowest BCUT2D eigenvalue weighted by Gasteiger charge is -2.32. The van der Waals surface area contributed by atoms with Gasteiger partial charge in [0, 0.05) is 28.6 Å². The monoisotopic (exact) mass is 532 g/mol. The first-order valence-corrected chi connectivity index (χ1v) is 14.1. The third kappa shape index (κ3) is 3.56. The summed E-state index contributed by atoms with van der Waals surface area (Å²) < 4.78 is 22.0. The van der Waals surface area contributed by atoms with E-state index in [1.54, 1.807) is 17.6 Å². The molecule has 0 unspecified atom stereocenters. The zero-order chi connectivity index (χ0) is 27.1. The third-order valence-corrected chi connectivity index (χ3v) is 9.49. The fourth-order valence-corrected chi connectivity index (χ4v) is 7.15. The van der Waals surface area contributed by atoms with Crippen LogP contribution in [0, 0.1) is 18.7 Å². The molecule has 0 saturated carbocycles. The molecule has 3 N–H and O–H groups in total. The Morgan fingerprint density at radius 1 is 1.21 bits per heavy atom. The molecule has 4 aliphatic rings. The van der Waals surface area contributed by atoms with Crippen LogP contribution in [0.25, 0.3) is 22.3 Å². The molecule has 3 aliphatic heterocycles. The summed E-state index contributed by atoms with van der Waals surface area (Å²) in [5.41, 5.74) is 3.91. The van der Waals surface area contributed by atoms with Crippen molar-refractivity contribution in [3.63, 3.8) is 0 Å². The Hall–Kier alpha value is -3.14. The number of esters is 1. The number of cyclic esters (lactones) is 1. The van der Waals surface area contributed by atoms with Crippen molar-refractivity contribution in [1.29, 1.82) is 0 Å². The normalized spacial score (nSPS) is 23.9. The predicted molar refractivity (Wildman–Crippen MR) is 144 cm³/mol. The maximum Gasteiger partial charge on any atom is 0.343 e. The molecule has 0 bridgehead atoms. The van der Waals surface area contributed by atoms with Crippen molar-refractivity contribution in [2.75, 3.05) is 19.6 Å². The lowest BCUT2D eigenvalue weighted by Crippen LogP contribution is -2.44. The maximum atomic E-state index is 15.1. The number of aliphatic hydroxyl groups is 1. The molecular weight excluding hydrogens is 499 g/mol. The van der Waals surface area contributed by atoms with Crippen LogP contribution in [0.4, 0.5) is 4.39 Å². The van der Waals surface area contributed by atoms with Gasteiger partial charge in [-0.15, -0.1) is 0 Å². The van der Waals surface area contributed by atoms with Crippen LogP contribution >= 0.6 is 0 Å². The van der Waals surface area contributed by atoms with E-state index >= 15 is 4.39 Å². The van der Waals surface area contributed by atoms with Gasteiger partial charge >= 0.3 is 5.97 Å². The number of carbonyl (C=O) groups is 1. The van der Waals surface area contributed by atoms with E-state index in [1.165, 1.54) is 6.07 Å². The summed E-state index contributed by atoms with van der Waals surface area (Å²) in [6.45, 7) is 6.68. The summed E-state index contributed by atoms with van der Waals surface area (Å²) in [5, 5.41) is 19.5. The number of halogens is 1. The lowest BCUT2D eigenvalue weighted by atomic mass is 9.81. The van der Waals surface area contributed by atoms with E-state index in [0.717, 1.165) is 67.4 Å². The topological polar surface area (TPSA) is 105 Å². The molecule has 204 valence electrons. The molecule has 9 heteroatoms. The number of ether oxygens (including phenoxy) is 1. The van der Waals surface area contributed by atoms with E-state index in [2.05, 4.69) is 10.6 Å². The van der Waals surface area contributed by atoms with E-state index in [4.69, 9.17) is 9.72 Å². The fraction of sp³-hybridized carbons (Fsp3) is 0.500. The van der Waals surface area contributed by atoms with Crippen LogP contribution in [0.15, 0.2) is 16.9 Å². The molecule has 1 aliphatic carbocycles. The van der Waals surface area contributed by atoms with Crippen LogP contribution in [-0.2, 0) is 34.7 Å². The summed E-state index contributed by atoms with van der Waals surface area (Å²) in [7, 11) is 0. The van der Waals surface area contributed by atoms with Gasteiger partial charge in [0.15, 0.2) is 5.60 Å². The van der Waals surface area contributed by atoms with Gasteiger partial charge in [0.25, 0.3) is 5.56 Å². The zero-order valence-corrected chi connectivity index (χ0v) is 22.3. The number of hydrogen-bond acceptors (Lipinski definition) is 7. The first-order chi connectivity index (χ1) is 18.8. The number of nitrogens with zero attached hydrogens (tertiary/aromatic N) is 2. The number of carbonyl (C=O) groups excluding carboxylic acids is 1. The number of hydrogen-bond donors (Lipinski definition) is 3. The minimum Gasteiger partial charge on any atom is -0.458 e. The highest BCUT2D eigenvalue weighted by Gasteiger charge is 2.46. The molecule has 0 amide bonds. The summed E-state index contributed by atoms with van der Waals surface area (Å²) in [4.78, 5) is 31.2. The first kappa shape index (κ1) is 24.9. The molecule has 0 radical (unpaired) electrons. The smallest absolute Gasteiger partial charge is 0.343 e. The van der Waals surface area contributed by atoms with Crippen molar-refractivity contribution in [1.82, 2.24) is 20.2 Å². The fourth-order valence-electron chi connectivity index (χ4n) is 7.15. The van der Waals surface area contributed by atoms with Crippen molar-refractivity contribution in [3.8, 4) is 11.4 Å². The number of benzene rings is 1. The highest BCUT2D eigenvalue weighted by molar-refractivity contribution is 5.93. The zero-order valence-electron chi connectivity index (χ0n) is 22.3. The van der Waals surface area contributed by atoms with Crippen LogP contribution in [0.5, 0.6) is 0 Å². The van der Waals surface area contributed by atoms with Crippen molar-refractivity contribution >= 4 is 16.9 Å². The van der Waals surface area contributed by atoms with E-state index < -0.39 is 11.6 Å². The van der Waals surface area contributed by atoms with Gasteiger partial charge in [-0.3, -0.25) is 4.79 Å². The second kappa shape index (κ2) is 8.94. The van der Waals surface area contributed by atoms with E-state index in [0.29, 0.717) is 40.5 Å². The van der Waals surface area contributed by atoms with Gasteiger partial charge in [-0.1, -0.05) is 6.92 Å². The Bertz CT molecular complexity index is 1610.